The van der Waals surface area contributed by atoms with E-state index in [0.717, 1.165) is 5.56 Å². The summed E-state index contributed by atoms with van der Waals surface area (Å²) in [6, 6.07) is 9.97. The van der Waals surface area contributed by atoms with E-state index in [4.69, 9.17) is 4.42 Å². The molecule has 0 aliphatic heterocycles. The van der Waals surface area contributed by atoms with Crippen LogP contribution in [0.1, 0.15) is 17.1 Å². The zero-order valence-corrected chi connectivity index (χ0v) is 10.9. The highest BCUT2D eigenvalue weighted by atomic mass is 32.2. The first-order valence-corrected chi connectivity index (χ1v) is 6.85. The third-order valence-corrected chi connectivity index (χ3v) is 3.65. The Hall–Kier alpha value is -1.88. The van der Waals surface area contributed by atoms with E-state index in [9.17, 15) is 8.42 Å². The predicted octanol–water partition coefficient (Wildman–Crippen LogP) is 2.70. The van der Waals surface area contributed by atoms with Crippen LogP contribution in [0.5, 0.6) is 0 Å². The molecule has 0 aliphatic carbocycles. The summed E-state index contributed by atoms with van der Waals surface area (Å²) in [5.74, 6) is 1.13. The van der Waals surface area contributed by atoms with Crippen molar-refractivity contribution < 1.29 is 12.8 Å². The van der Waals surface area contributed by atoms with Gasteiger partial charge in [-0.15, -0.1) is 0 Å². The standard InChI is InChI=1S/C13H13NO3S/c1-10-3-7-13(8-4-10)18(15,16)14-9-12-6-5-11(2)17-12/h3-9H,1-2H3/b14-9-. The fraction of sp³-hybridized carbons (Fsp3) is 0.154. The molecule has 1 aromatic heterocycles. The lowest BCUT2D eigenvalue weighted by molar-refractivity contribution is 0.528. The van der Waals surface area contributed by atoms with Crippen molar-refractivity contribution in [2.45, 2.75) is 18.7 Å². The molecule has 0 bridgehead atoms. The second kappa shape index (κ2) is 4.78. The monoisotopic (exact) mass is 263 g/mol. The summed E-state index contributed by atoms with van der Waals surface area (Å²) in [7, 11) is -3.66. The molecular formula is C13H13NO3S. The predicted molar refractivity (Wildman–Crippen MR) is 69.4 cm³/mol. The van der Waals surface area contributed by atoms with Crippen molar-refractivity contribution in [3.8, 4) is 0 Å². The van der Waals surface area contributed by atoms with Crippen LogP contribution in [0, 0.1) is 13.8 Å². The minimum atomic E-state index is -3.66. The van der Waals surface area contributed by atoms with Crippen LogP contribution in [0.25, 0.3) is 0 Å². The van der Waals surface area contributed by atoms with Crippen LogP contribution in [0.3, 0.4) is 0 Å². The molecule has 4 nitrogen and oxygen atoms in total. The van der Waals surface area contributed by atoms with Gasteiger partial charge in [0.25, 0.3) is 10.0 Å². The summed E-state index contributed by atoms with van der Waals surface area (Å²) in [4.78, 5) is 0.174. The van der Waals surface area contributed by atoms with Crippen LogP contribution in [-0.4, -0.2) is 14.6 Å². The molecule has 0 amide bonds. The molecule has 0 atom stereocenters. The Bertz CT molecular complexity index is 667. The maximum atomic E-state index is 11.9. The molecule has 1 aromatic carbocycles. The minimum absolute atomic E-state index is 0.174. The number of nitrogens with zero attached hydrogens (tertiary/aromatic N) is 1. The maximum absolute atomic E-state index is 11.9. The Morgan fingerprint density at radius 1 is 1.06 bits per heavy atom. The lowest BCUT2D eigenvalue weighted by Crippen LogP contribution is -1.97. The summed E-state index contributed by atoms with van der Waals surface area (Å²) in [5, 5.41) is 0. The average Bonchev–Trinajstić information content (AvgIpc) is 2.73. The van der Waals surface area contributed by atoms with Crippen LogP contribution >= 0.6 is 0 Å². The third kappa shape index (κ3) is 2.87. The van der Waals surface area contributed by atoms with Crippen molar-refractivity contribution in [1.29, 1.82) is 0 Å². The van der Waals surface area contributed by atoms with Gasteiger partial charge in [0.15, 0.2) is 0 Å². The topological polar surface area (TPSA) is 59.6 Å². The number of aryl methyl sites for hydroxylation is 2. The van der Waals surface area contributed by atoms with E-state index in [1.807, 2.05) is 6.92 Å². The molecule has 0 saturated carbocycles. The van der Waals surface area contributed by atoms with Gasteiger partial charge in [0, 0.05) is 0 Å². The Kier molecular flexibility index (Phi) is 3.34. The van der Waals surface area contributed by atoms with E-state index in [2.05, 4.69) is 4.40 Å². The summed E-state index contributed by atoms with van der Waals surface area (Å²) in [6.07, 6.45) is 1.21. The SMILES string of the molecule is Cc1ccc(S(=O)(=O)/N=C\c2ccc(C)o2)cc1. The van der Waals surface area contributed by atoms with Crippen LogP contribution in [0.4, 0.5) is 0 Å². The fourth-order valence-electron chi connectivity index (χ4n) is 1.42. The first-order chi connectivity index (χ1) is 8.47. The van der Waals surface area contributed by atoms with Gasteiger partial charge in [-0.3, -0.25) is 0 Å². The number of hydrogen-bond acceptors (Lipinski definition) is 3. The first-order valence-electron chi connectivity index (χ1n) is 5.41. The molecule has 0 N–H and O–H groups in total. The zero-order valence-electron chi connectivity index (χ0n) is 10.1. The van der Waals surface area contributed by atoms with Crippen molar-refractivity contribution in [3.63, 3.8) is 0 Å². The largest absolute Gasteiger partial charge is 0.460 e. The van der Waals surface area contributed by atoms with Gasteiger partial charge in [0.05, 0.1) is 11.1 Å². The van der Waals surface area contributed by atoms with Crippen LogP contribution in [0.15, 0.2) is 50.1 Å². The molecule has 2 rings (SSSR count). The normalized spacial score (nSPS) is 12.1. The summed E-state index contributed by atoms with van der Waals surface area (Å²) < 4.78 is 32.6. The third-order valence-electron chi connectivity index (χ3n) is 2.40. The van der Waals surface area contributed by atoms with E-state index in [1.54, 1.807) is 31.2 Å². The van der Waals surface area contributed by atoms with Crippen molar-refractivity contribution in [1.82, 2.24) is 0 Å². The molecular weight excluding hydrogens is 250 g/mol. The second-order valence-electron chi connectivity index (χ2n) is 3.97. The highest BCUT2D eigenvalue weighted by molar-refractivity contribution is 7.90. The van der Waals surface area contributed by atoms with Gasteiger partial charge in [-0.1, -0.05) is 17.7 Å². The minimum Gasteiger partial charge on any atom is -0.460 e. The molecule has 18 heavy (non-hydrogen) atoms. The van der Waals surface area contributed by atoms with Gasteiger partial charge in [-0.25, -0.2) is 0 Å². The second-order valence-corrected chi connectivity index (χ2v) is 5.60. The van der Waals surface area contributed by atoms with Crippen LogP contribution in [0.2, 0.25) is 0 Å². The number of sulfonamides is 1. The van der Waals surface area contributed by atoms with E-state index in [1.165, 1.54) is 18.3 Å². The van der Waals surface area contributed by atoms with Gasteiger partial charge in [0.1, 0.15) is 11.5 Å². The van der Waals surface area contributed by atoms with Gasteiger partial charge in [-0.05, 0) is 38.1 Å². The molecule has 1 heterocycles. The Morgan fingerprint density at radius 2 is 1.72 bits per heavy atom. The molecule has 0 fully saturated rings. The fourth-order valence-corrected chi connectivity index (χ4v) is 2.26. The van der Waals surface area contributed by atoms with Crippen molar-refractivity contribution in [3.05, 3.63) is 53.5 Å². The highest BCUT2D eigenvalue weighted by Gasteiger charge is 2.11. The summed E-state index contributed by atoms with van der Waals surface area (Å²) >= 11 is 0. The Balaban J connectivity index is 2.27. The maximum Gasteiger partial charge on any atom is 0.282 e. The van der Waals surface area contributed by atoms with E-state index in [0.29, 0.717) is 11.5 Å². The quantitative estimate of drug-likeness (QED) is 0.800. The van der Waals surface area contributed by atoms with Crippen LogP contribution in [-0.2, 0) is 10.0 Å². The highest BCUT2D eigenvalue weighted by Crippen LogP contribution is 2.13. The lowest BCUT2D eigenvalue weighted by Gasteiger charge is -1.98. The van der Waals surface area contributed by atoms with Gasteiger partial charge >= 0.3 is 0 Å². The first kappa shape index (κ1) is 12.6. The molecule has 0 saturated heterocycles. The number of hydrogen-bond donors (Lipinski definition) is 0. The Morgan fingerprint density at radius 3 is 2.28 bits per heavy atom. The van der Waals surface area contributed by atoms with Crippen molar-refractivity contribution in [2.24, 2.45) is 4.40 Å². The van der Waals surface area contributed by atoms with E-state index in [-0.39, 0.29) is 4.90 Å². The Labute approximate surface area is 106 Å². The van der Waals surface area contributed by atoms with E-state index < -0.39 is 10.0 Å². The number of benzene rings is 1. The molecule has 0 unspecified atom stereocenters. The zero-order chi connectivity index (χ0) is 13.2. The molecule has 0 spiro atoms. The van der Waals surface area contributed by atoms with Crippen LogP contribution < -0.4 is 0 Å². The number of rotatable bonds is 3. The van der Waals surface area contributed by atoms with Crippen molar-refractivity contribution >= 4 is 16.2 Å². The molecule has 94 valence electrons. The molecule has 0 radical (unpaired) electrons. The van der Waals surface area contributed by atoms with Gasteiger partial charge in [-0.2, -0.15) is 12.8 Å². The molecule has 0 aliphatic rings. The van der Waals surface area contributed by atoms with E-state index >= 15 is 0 Å². The molecule has 5 heteroatoms. The smallest absolute Gasteiger partial charge is 0.282 e. The average molecular weight is 263 g/mol. The van der Waals surface area contributed by atoms with Gasteiger partial charge in [0.2, 0.25) is 0 Å². The molecule has 2 aromatic rings. The summed E-state index contributed by atoms with van der Waals surface area (Å²) in [5.41, 5.74) is 1.000. The van der Waals surface area contributed by atoms with Crippen molar-refractivity contribution in [2.75, 3.05) is 0 Å². The summed E-state index contributed by atoms with van der Waals surface area (Å²) in [6.45, 7) is 3.68. The van der Waals surface area contributed by atoms with Gasteiger partial charge < -0.3 is 4.42 Å². The lowest BCUT2D eigenvalue weighted by atomic mass is 10.2. The number of furan rings is 1.